The molecular weight excluding hydrogens is 488 g/mol. The van der Waals surface area contributed by atoms with Crippen molar-refractivity contribution in [2.24, 2.45) is 0 Å². The average Bonchev–Trinajstić information content (AvgIpc) is 3.54. The van der Waals surface area contributed by atoms with Gasteiger partial charge in [-0.05, 0) is 37.1 Å². The molecule has 1 aromatic carbocycles. The van der Waals surface area contributed by atoms with Gasteiger partial charge in [0.2, 0.25) is 0 Å². The first-order valence-corrected chi connectivity index (χ1v) is 15.4. The maximum absolute atomic E-state index is 13.3. The minimum atomic E-state index is -3.01. The Labute approximate surface area is 208 Å². The summed E-state index contributed by atoms with van der Waals surface area (Å²) in [5, 5.41) is 15.0. The second kappa shape index (κ2) is 10.4. The van der Waals surface area contributed by atoms with Gasteiger partial charge >= 0.3 is 6.61 Å². The number of nitrogens with one attached hydrogen (secondary N) is 1. The van der Waals surface area contributed by atoms with Crippen molar-refractivity contribution in [3.05, 3.63) is 40.3 Å². The molecule has 11 heteroatoms. The van der Waals surface area contributed by atoms with Crippen molar-refractivity contribution in [1.82, 2.24) is 14.8 Å². The third-order valence-corrected chi connectivity index (χ3v) is 7.45. The topological polar surface area (TPSA) is 98.6 Å². The molecule has 1 saturated carbocycles. The van der Waals surface area contributed by atoms with Gasteiger partial charge in [0, 0.05) is 25.8 Å². The minimum absolute atomic E-state index is 0.0373. The highest BCUT2D eigenvalue weighted by Gasteiger charge is 2.27. The molecule has 1 fully saturated rings. The molecule has 36 heavy (non-hydrogen) atoms. The van der Waals surface area contributed by atoms with Crippen LogP contribution in [0.3, 0.4) is 0 Å². The number of ether oxygens (including phenoxy) is 3. The molecule has 0 aliphatic heterocycles. The summed E-state index contributed by atoms with van der Waals surface area (Å²) in [5.41, 5.74) is 0.923. The van der Waals surface area contributed by atoms with Gasteiger partial charge in [-0.2, -0.15) is 13.9 Å². The van der Waals surface area contributed by atoms with Gasteiger partial charge in [-0.25, -0.2) is 4.68 Å². The maximum atomic E-state index is 13.3. The number of alkyl halides is 2. The van der Waals surface area contributed by atoms with Crippen molar-refractivity contribution in [3.63, 3.8) is 0 Å². The molecule has 1 aliphatic carbocycles. The average molecular weight is 518 g/mol. The summed E-state index contributed by atoms with van der Waals surface area (Å²) >= 11 is 0. The lowest BCUT2D eigenvalue weighted by Crippen LogP contribution is -2.26. The highest BCUT2D eigenvalue weighted by atomic mass is 28.3. The molecular formula is C25H29F2N3O5Si. The Kier molecular flexibility index (Phi) is 7.49. The molecule has 2 N–H and O–H groups in total. The molecule has 0 saturated heterocycles. The van der Waals surface area contributed by atoms with Crippen LogP contribution in [-0.2, 0) is 11.5 Å². The van der Waals surface area contributed by atoms with Gasteiger partial charge in [0.1, 0.15) is 12.8 Å². The van der Waals surface area contributed by atoms with Crippen molar-refractivity contribution in [1.29, 1.82) is 0 Å². The molecule has 2 heterocycles. The molecule has 0 spiro atoms. The van der Waals surface area contributed by atoms with Gasteiger partial charge in [0.25, 0.3) is 5.56 Å². The molecule has 8 nitrogen and oxygen atoms in total. The van der Waals surface area contributed by atoms with Crippen LogP contribution < -0.4 is 15.0 Å². The first-order chi connectivity index (χ1) is 17.1. The van der Waals surface area contributed by atoms with Crippen molar-refractivity contribution < 1.29 is 28.1 Å². The number of hydrogen-bond donors (Lipinski definition) is 2. The third-order valence-electron chi connectivity index (χ3n) is 5.75. The lowest BCUT2D eigenvalue weighted by Gasteiger charge is -2.15. The van der Waals surface area contributed by atoms with E-state index in [1.807, 2.05) is 0 Å². The zero-order valence-corrected chi connectivity index (χ0v) is 21.4. The monoisotopic (exact) mass is 517 g/mol. The van der Waals surface area contributed by atoms with E-state index in [2.05, 4.69) is 40.4 Å². The van der Waals surface area contributed by atoms with Gasteiger partial charge < -0.3 is 24.3 Å². The van der Waals surface area contributed by atoms with Crippen LogP contribution in [0.25, 0.3) is 22.2 Å². The Bertz CT molecular complexity index is 1340. The van der Waals surface area contributed by atoms with Crippen LogP contribution in [0.2, 0.25) is 25.7 Å². The van der Waals surface area contributed by atoms with Crippen molar-refractivity contribution in [2.75, 3.05) is 6.61 Å². The molecule has 0 radical (unpaired) electrons. The summed E-state index contributed by atoms with van der Waals surface area (Å²) in [5.74, 6) is 2.30. The Balaban J connectivity index is 1.74. The van der Waals surface area contributed by atoms with E-state index in [0.717, 1.165) is 18.9 Å². The quantitative estimate of drug-likeness (QED) is 0.221. The predicted octanol–water partition coefficient (Wildman–Crippen LogP) is 4.51. The van der Waals surface area contributed by atoms with Crippen LogP contribution >= 0.6 is 0 Å². The summed E-state index contributed by atoms with van der Waals surface area (Å²) in [6, 6.07) is 5.36. The van der Waals surface area contributed by atoms with E-state index in [4.69, 9.17) is 15.9 Å². The normalized spacial score (nSPS) is 14.7. The smallest absolute Gasteiger partial charge is 0.387 e. The number of halogens is 2. The van der Waals surface area contributed by atoms with E-state index >= 15 is 0 Å². The zero-order chi connectivity index (χ0) is 26.0. The Morgan fingerprint density at radius 3 is 2.69 bits per heavy atom. The fourth-order valence-electron chi connectivity index (χ4n) is 3.69. The first-order valence-electron chi connectivity index (χ1n) is 11.7. The van der Waals surface area contributed by atoms with E-state index in [1.165, 1.54) is 29.1 Å². The lowest BCUT2D eigenvalue weighted by molar-refractivity contribution is -0.0516. The van der Waals surface area contributed by atoms with Gasteiger partial charge in [-0.15, -0.1) is 6.42 Å². The summed E-state index contributed by atoms with van der Waals surface area (Å²) in [7, 11) is -1.29. The number of terminal acetylenes is 1. The van der Waals surface area contributed by atoms with Crippen LogP contribution in [-0.4, -0.2) is 47.3 Å². The highest BCUT2D eigenvalue weighted by Crippen LogP contribution is 2.40. The SMILES string of the molecule is C#CC(O)c1c(-c2ccc(OC(F)F)c(OC3CC3)c2)[nH]c2cnn(COCC[Si](C)(C)C)c(=O)c12. The van der Waals surface area contributed by atoms with Crippen LogP contribution in [0, 0.1) is 12.3 Å². The number of aromatic amines is 1. The standard InChI is InChI=1S/C25H29F2N3O5Si/c1-5-18(31)22-21-17(13-28-30(24(21)32)14-33-10-11-36(2,3)4)29-23(22)15-6-9-19(35-25(26)27)20(12-15)34-16-7-8-16/h1,6,9,12-13,16,18,25,29,31H,7-8,10-11,14H2,2-4H3. The maximum Gasteiger partial charge on any atom is 0.387 e. The van der Waals surface area contributed by atoms with Gasteiger partial charge in [0.05, 0.1) is 28.9 Å². The summed E-state index contributed by atoms with van der Waals surface area (Å²) in [6.45, 7) is 4.15. The lowest BCUT2D eigenvalue weighted by atomic mass is 10.0. The number of aromatic nitrogens is 3. The molecule has 0 bridgehead atoms. The minimum Gasteiger partial charge on any atom is -0.487 e. The molecule has 2 aromatic heterocycles. The predicted molar refractivity (Wildman–Crippen MR) is 134 cm³/mol. The van der Waals surface area contributed by atoms with E-state index in [1.54, 1.807) is 0 Å². The number of aliphatic hydroxyl groups is 1. The van der Waals surface area contributed by atoms with Crippen LogP contribution in [0.15, 0.2) is 29.2 Å². The summed E-state index contributed by atoms with van der Waals surface area (Å²) in [6.07, 6.45) is 7.14. The number of hydrogen-bond acceptors (Lipinski definition) is 6. The Morgan fingerprint density at radius 1 is 1.31 bits per heavy atom. The fourth-order valence-corrected chi connectivity index (χ4v) is 4.45. The van der Waals surface area contributed by atoms with Crippen molar-refractivity contribution in [3.8, 4) is 35.1 Å². The molecule has 4 rings (SSSR count). The summed E-state index contributed by atoms with van der Waals surface area (Å²) < 4.78 is 43.0. The van der Waals surface area contributed by atoms with E-state index in [9.17, 15) is 18.7 Å². The molecule has 192 valence electrons. The summed E-state index contributed by atoms with van der Waals surface area (Å²) in [4.78, 5) is 16.4. The van der Waals surface area contributed by atoms with E-state index in [-0.39, 0.29) is 35.3 Å². The zero-order valence-electron chi connectivity index (χ0n) is 20.4. The Morgan fingerprint density at radius 2 is 2.06 bits per heavy atom. The number of rotatable bonds is 11. The van der Waals surface area contributed by atoms with Crippen LogP contribution in [0.4, 0.5) is 8.78 Å². The molecule has 1 atom stereocenters. The van der Waals surface area contributed by atoms with Gasteiger partial charge in [0.15, 0.2) is 11.5 Å². The van der Waals surface area contributed by atoms with Crippen molar-refractivity contribution >= 4 is 19.0 Å². The second-order valence-corrected chi connectivity index (χ2v) is 15.5. The van der Waals surface area contributed by atoms with Gasteiger partial charge in [-0.1, -0.05) is 25.6 Å². The highest BCUT2D eigenvalue weighted by molar-refractivity contribution is 6.76. The molecule has 1 unspecified atom stereocenters. The number of fused-ring (bicyclic) bond motifs is 1. The number of benzene rings is 1. The third kappa shape index (κ3) is 5.95. The number of H-pyrrole nitrogens is 1. The van der Waals surface area contributed by atoms with Crippen LogP contribution in [0.1, 0.15) is 24.5 Å². The fraction of sp³-hybridized carbons (Fsp3) is 0.440. The molecule has 0 amide bonds. The molecule has 1 aliphatic rings. The number of aliphatic hydroxyl groups excluding tert-OH is 1. The van der Waals surface area contributed by atoms with Crippen molar-refractivity contribution in [2.45, 2.75) is 64.1 Å². The second-order valence-electron chi connectivity index (χ2n) is 9.93. The van der Waals surface area contributed by atoms with E-state index in [0.29, 0.717) is 23.4 Å². The van der Waals surface area contributed by atoms with Gasteiger partial charge in [-0.3, -0.25) is 4.79 Å². The Hall–Kier alpha value is -3.20. The first kappa shape index (κ1) is 25.9. The number of nitrogens with zero attached hydrogens (tertiary/aromatic N) is 2. The molecule has 3 aromatic rings. The largest absolute Gasteiger partial charge is 0.487 e. The van der Waals surface area contributed by atoms with E-state index < -0.39 is 26.3 Å². The van der Waals surface area contributed by atoms with Crippen LogP contribution in [0.5, 0.6) is 11.5 Å².